The van der Waals surface area contributed by atoms with Gasteiger partial charge in [0.15, 0.2) is 0 Å². The number of aliphatic hydroxyl groups is 1. The Balaban J connectivity index is 1.98. The number of rotatable bonds is 4. The van der Waals surface area contributed by atoms with E-state index in [9.17, 15) is 9.90 Å². The van der Waals surface area contributed by atoms with Gasteiger partial charge < -0.3 is 15.7 Å². The van der Waals surface area contributed by atoms with Crippen LogP contribution in [0, 0.1) is 5.41 Å². The van der Waals surface area contributed by atoms with Crippen molar-refractivity contribution in [1.29, 1.82) is 0 Å². The van der Waals surface area contributed by atoms with Gasteiger partial charge in [-0.25, -0.2) is 0 Å². The second-order valence-electron chi connectivity index (χ2n) is 6.53. The Morgan fingerprint density at radius 1 is 1.21 bits per heavy atom. The van der Waals surface area contributed by atoms with Gasteiger partial charge in [-0.2, -0.15) is 0 Å². The Hall–Kier alpha value is -0.610. The van der Waals surface area contributed by atoms with Crippen molar-refractivity contribution in [3.8, 4) is 0 Å². The van der Waals surface area contributed by atoms with Crippen molar-refractivity contribution in [2.45, 2.75) is 63.9 Å². The van der Waals surface area contributed by atoms with Crippen LogP contribution in [-0.4, -0.2) is 41.1 Å². The van der Waals surface area contributed by atoms with Crippen molar-refractivity contribution < 1.29 is 9.90 Å². The number of nitrogens with zero attached hydrogens (tertiary/aromatic N) is 1. The fourth-order valence-electron chi connectivity index (χ4n) is 3.68. The van der Waals surface area contributed by atoms with E-state index < -0.39 is 5.60 Å². The summed E-state index contributed by atoms with van der Waals surface area (Å²) in [5, 5.41) is 10.2. The molecule has 2 fully saturated rings. The predicted octanol–water partition coefficient (Wildman–Crippen LogP) is 1.66. The lowest BCUT2D eigenvalue weighted by molar-refractivity contribution is -0.167. The van der Waals surface area contributed by atoms with Crippen LogP contribution in [0.4, 0.5) is 0 Å². The van der Waals surface area contributed by atoms with Crippen LogP contribution in [0.2, 0.25) is 0 Å². The number of amides is 1. The van der Waals surface area contributed by atoms with Gasteiger partial charge in [-0.15, -0.1) is 0 Å². The zero-order chi connectivity index (χ0) is 13.9. The Kier molecular flexibility index (Phi) is 4.51. The van der Waals surface area contributed by atoms with Gasteiger partial charge in [0.25, 0.3) is 0 Å². The molecule has 0 aromatic rings. The summed E-state index contributed by atoms with van der Waals surface area (Å²) >= 11 is 0. The molecule has 0 spiro atoms. The third-order valence-corrected chi connectivity index (χ3v) is 4.88. The molecule has 1 amide bonds. The molecule has 4 nitrogen and oxygen atoms in total. The minimum atomic E-state index is -0.634. The van der Waals surface area contributed by atoms with E-state index in [1.807, 2.05) is 4.90 Å². The van der Waals surface area contributed by atoms with Crippen molar-refractivity contribution in [1.82, 2.24) is 4.90 Å². The van der Waals surface area contributed by atoms with Gasteiger partial charge in [0.05, 0.1) is 24.1 Å². The SMILES string of the molecule is CCCC1(O)CN(C(=O)C2(CN)CCCCCC2)C1. The molecule has 2 aliphatic rings. The molecule has 1 saturated heterocycles. The molecule has 1 heterocycles. The molecule has 2 rings (SSSR count). The number of carbonyl (C=O) groups is 1. The summed E-state index contributed by atoms with van der Waals surface area (Å²) < 4.78 is 0. The molecule has 3 N–H and O–H groups in total. The topological polar surface area (TPSA) is 66.6 Å². The van der Waals surface area contributed by atoms with E-state index in [0.717, 1.165) is 38.5 Å². The molecule has 19 heavy (non-hydrogen) atoms. The molecule has 0 atom stereocenters. The molecular weight excluding hydrogens is 240 g/mol. The summed E-state index contributed by atoms with van der Waals surface area (Å²) in [5.74, 6) is 0.192. The Bertz CT molecular complexity index is 316. The third-order valence-electron chi connectivity index (χ3n) is 4.88. The largest absolute Gasteiger partial charge is 0.386 e. The minimum absolute atomic E-state index is 0.192. The highest BCUT2D eigenvalue weighted by Crippen LogP contribution is 2.38. The average Bonchev–Trinajstić information content (AvgIpc) is 2.61. The van der Waals surface area contributed by atoms with Crippen LogP contribution in [0.25, 0.3) is 0 Å². The first-order valence-electron chi connectivity index (χ1n) is 7.77. The van der Waals surface area contributed by atoms with Crippen molar-refractivity contribution in [2.24, 2.45) is 11.1 Å². The monoisotopic (exact) mass is 268 g/mol. The number of likely N-dealkylation sites (tertiary alicyclic amines) is 1. The highest BCUT2D eigenvalue weighted by Gasteiger charge is 2.48. The molecule has 4 heteroatoms. The van der Waals surface area contributed by atoms with Crippen LogP contribution in [0.15, 0.2) is 0 Å². The van der Waals surface area contributed by atoms with Gasteiger partial charge in [0.2, 0.25) is 5.91 Å². The van der Waals surface area contributed by atoms with Crippen molar-refractivity contribution in [2.75, 3.05) is 19.6 Å². The van der Waals surface area contributed by atoms with E-state index in [1.54, 1.807) is 0 Å². The van der Waals surface area contributed by atoms with E-state index in [-0.39, 0.29) is 11.3 Å². The van der Waals surface area contributed by atoms with E-state index in [0.29, 0.717) is 19.6 Å². The first kappa shape index (κ1) is 14.8. The molecule has 1 saturated carbocycles. The third kappa shape index (κ3) is 2.95. The van der Waals surface area contributed by atoms with Crippen LogP contribution in [0.3, 0.4) is 0 Å². The number of nitrogens with two attached hydrogens (primary N) is 1. The quantitative estimate of drug-likeness (QED) is 0.762. The Morgan fingerprint density at radius 3 is 2.26 bits per heavy atom. The zero-order valence-corrected chi connectivity index (χ0v) is 12.2. The van der Waals surface area contributed by atoms with Crippen LogP contribution >= 0.6 is 0 Å². The van der Waals surface area contributed by atoms with Crippen LogP contribution < -0.4 is 5.73 Å². The molecule has 0 unspecified atom stereocenters. The van der Waals surface area contributed by atoms with Crippen molar-refractivity contribution in [3.05, 3.63) is 0 Å². The smallest absolute Gasteiger partial charge is 0.230 e. The second-order valence-corrected chi connectivity index (χ2v) is 6.53. The van der Waals surface area contributed by atoms with Gasteiger partial charge in [-0.3, -0.25) is 4.79 Å². The fraction of sp³-hybridized carbons (Fsp3) is 0.933. The first-order chi connectivity index (χ1) is 9.05. The number of β-amino-alcohol motifs (C(OH)–C–C–N with tert-alkyl or cyclic N) is 1. The number of carbonyl (C=O) groups excluding carboxylic acids is 1. The molecule has 0 aromatic carbocycles. The highest BCUT2D eigenvalue weighted by molar-refractivity contribution is 5.84. The van der Waals surface area contributed by atoms with E-state index in [4.69, 9.17) is 5.73 Å². The minimum Gasteiger partial charge on any atom is -0.386 e. The number of hydrogen-bond acceptors (Lipinski definition) is 3. The van der Waals surface area contributed by atoms with Crippen molar-refractivity contribution in [3.63, 3.8) is 0 Å². The number of hydrogen-bond donors (Lipinski definition) is 2. The zero-order valence-electron chi connectivity index (χ0n) is 12.2. The molecule has 1 aliphatic carbocycles. The average molecular weight is 268 g/mol. The summed E-state index contributed by atoms with van der Waals surface area (Å²) in [5.41, 5.74) is 4.96. The lowest BCUT2D eigenvalue weighted by Crippen LogP contribution is -2.66. The summed E-state index contributed by atoms with van der Waals surface area (Å²) in [6.45, 7) is 3.52. The predicted molar refractivity (Wildman–Crippen MR) is 75.6 cm³/mol. The normalized spacial score (nSPS) is 25.5. The van der Waals surface area contributed by atoms with E-state index >= 15 is 0 Å². The summed E-state index contributed by atoms with van der Waals surface area (Å²) in [6, 6.07) is 0. The summed E-state index contributed by atoms with van der Waals surface area (Å²) in [6.07, 6.45) is 8.23. The maximum atomic E-state index is 12.7. The summed E-state index contributed by atoms with van der Waals surface area (Å²) in [4.78, 5) is 14.5. The van der Waals surface area contributed by atoms with Gasteiger partial charge in [0, 0.05) is 6.54 Å². The van der Waals surface area contributed by atoms with Gasteiger partial charge >= 0.3 is 0 Å². The van der Waals surface area contributed by atoms with Gasteiger partial charge in [-0.1, -0.05) is 39.0 Å². The van der Waals surface area contributed by atoms with Crippen LogP contribution in [0.1, 0.15) is 58.3 Å². The van der Waals surface area contributed by atoms with Crippen molar-refractivity contribution >= 4 is 5.91 Å². The van der Waals surface area contributed by atoms with Gasteiger partial charge in [0.1, 0.15) is 0 Å². The maximum Gasteiger partial charge on any atom is 0.230 e. The molecule has 1 aliphatic heterocycles. The molecule has 0 aromatic heterocycles. The lowest BCUT2D eigenvalue weighted by atomic mass is 9.77. The molecule has 110 valence electrons. The lowest BCUT2D eigenvalue weighted by Gasteiger charge is -2.50. The van der Waals surface area contributed by atoms with Crippen LogP contribution in [-0.2, 0) is 4.79 Å². The Labute approximate surface area is 116 Å². The van der Waals surface area contributed by atoms with E-state index in [1.165, 1.54) is 12.8 Å². The standard InChI is InChI=1S/C15H28N2O2/c1-2-7-15(19)11-17(12-15)13(18)14(10-16)8-5-3-4-6-9-14/h19H,2-12,16H2,1H3. The van der Waals surface area contributed by atoms with Gasteiger partial charge in [-0.05, 0) is 19.3 Å². The summed E-state index contributed by atoms with van der Waals surface area (Å²) in [7, 11) is 0. The van der Waals surface area contributed by atoms with E-state index in [2.05, 4.69) is 6.92 Å². The van der Waals surface area contributed by atoms with Crippen LogP contribution in [0.5, 0.6) is 0 Å². The Morgan fingerprint density at radius 2 is 1.79 bits per heavy atom. The second kappa shape index (κ2) is 5.80. The fourth-order valence-corrected chi connectivity index (χ4v) is 3.68. The first-order valence-corrected chi connectivity index (χ1v) is 7.77. The maximum absolute atomic E-state index is 12.7. The molecule has 0 bridgehead atoms. The molecular formula is C15H28N2O2. The highest BCUT2D eigenvalue weighted by atomic mass is 16.3. The molecule has 0 radical (unpaired) electrons.